The molecule has 0 N–H and O–H groups in total. The smallest absolute Gasteiger partial charge is 0.339 e. The van der Waals surface area contributed by atoms with E-state index in [0.29, 0.717) is 23.2 Å². The lowest BCUT2D eigenvalue weighted by atomic mass is 10.0. The van der Waals surface area contributed by atoms with Crippen molar-refractivity contribution in [3.05, 3.63) is 87.2 Å². The SMILES string of the molecule is COC(=O)c1cc(-c2cccc(COc3ccc4c(=O)n(C5CC5)sc4c3)c2)ccc1Cl. The van der Waals surface area contributed by atoms with Crippen LogP contribution in [0.4, 0.5) is 0 Å². The van der Waals surface area contributed by atoms with Crippen LogP contribution in [0.15, 0.2) is 65.5 Å². The first-order valence-electron chi connectivity index (χ1n) is 10.3. The van der Waals surface area contributed by atoms with Gasteiger partial charge in [0.2, 0.25) is 0 Å². The van der Waals surface area contributed by atoms with Crippen molar-refractivity contribution in [2.24, 2.45) is 0 Å². The molecule has 0 bridgehead atoms. The van der Waals surface area contributed by atoms with E-state index in [2.05, 4.69) is 0 Å². The van der Waals surface area contributed by atoms with E-state index in [-0.39, 0.29) is 5.56 Å². The number of esters is 1. The summed E-state index contributed by atoms with van der Waals surface area (Å²) in [6, 6.07) is 19.2. The molecule has 0 spiro atoms. The molecule has 1 saturated carbocycles. The number of rotatable bonds is 6. The van der Waals surface area contributed by atoms with Gasteiger partial charge in [0.15, 0.2) is 0 Å². The Morgan fingerprint density at radius 3 is 2.69 bits per heavy atom. The molecule has 1 aliphatic carbocycles. The second-order valence-corrected chi connectivity index (χ2v) is 9.21. The quantitative estimate of drug-likeness (QED) is 0.323. The van der Waals surface area contributed by atoms with E-state index in [1.807, 2.05) is 52.5 Å². The standard InChI is InChI=1S/C25H20ClNO4S/c1-30-25(29)21-12-17(5-10-22(21)26)16-4-2-3-15(11-16)14-31-19-8-9-20-23(13-19)32-27(24(20)28)18-6-7-18/h2-5,8-13,18H,6-7,14H2,1H3. The summed E-state index contributed by atoms with van der Waals surface area (Å²) in [6.45, 7) is 0.384. The van der Waals surface area contributed by atoms with Gasteiger partial charge in [-0.1, -0.05) is 47.4 Å². The van der Waals surface area contributed by atoms with Crippen LogP contribution in [0.5, 0.6) is 5.75 Å². The zero-order valence-corrected chi connectivity index (χ0v) is 18.9. The molecule has 0 atom stereocenters. The number of carbonyl (C=O) groups excluding carboxylic acids is 1. The number of nitrogens with zero attached hydrogens (tertiary/aromatic N) is 1. The fourth-order valence-electron chi connectivity index (χ4n) is 3.64. The maximum absolute atomic E-state index is 12.5. The van der Waals surface area contributed by atoms with Gasteiger partial charge in [0.25, 0.3) is 5.56 Å². The van der Waals surface area contributed by atoms with Crippen LogP contribution in [0.3, 0.4) is 0 Å². The van der Waals surface area contributed by atoms with Gasteiger partial charge < -0.3 is 9.47 Å². The largest absolute Gasteiger partial charge is 0.489 e. The summed E-state index contributed by atoms with van der Waals surface area (Å²) in [5.41, 5.74) is 3.23. The molecule has 1 heterocycles. The predicted molar refractivity (Wildman–Crippen MR) is 127 cm³/mol. The molecule has 0 unspecified atom stereocenters. The van der Waals surface area contributed by atoms with E-state index in [0.717, 1.165) is 45.4 Å². The Kier molecular flexibility index (Phi) is 5.49. The highest BCUT2D eigenvalue weighted by Gasteiger charge is 2.27. The molecule has 4 aromatic rings. The molecule has 32 heavy (non-hydrogen) atoms. The summed E-state index contributed by atoms with van der Waals surface area (Å²) in [4.78, 5) is 24.4. The van der Waals surface area contributed by atoms with Gasteiger partial charge in [0.05, 0.1) is 27.8 Å². The summed E-state index contributed by atoms with van der Waals surface area (Å²) in [6.07, 6.45) is 2.17. The molecular weight excluding hydrogens is 446 g/mol. The summed E-state index contributed by atoms with van der Waals surface area (Å²) in [7, 11) is 1.33. The zero-order chi connectivity index (χ0) is 22.2. The second kappa shape index (κ2) is 8.45. The molecule has 1 aromatic heterocycles. The Bertz CT molecular complexity index is 1390. The van der Waals surface area contributed by atoms with Crippen LogP contribution in [-0.2, 0) is 11.3 Å². The predicted octanol–water partition coefficient (Wildman–Crippen LogP) is 6.08. The van der Waals surface area contributed by atoms with E-state index in [1.165, 1.54) is 18.6 Å². The van der Waals surface area contributed by atoms with Gasteiger partial charge in [0, 0.05) is 6.04 Å². The van der Waals surface area contributed by atoms with Gasteiger partial charge in [-0.05, 0) is 65.9 Å². The van der Waals surface area contributed by atoms with Crippen molar-refractivity contribution >= 4 is 39.2 Å². The topological polar surface area (TPSA) is 57.5 Å². The Morgan fingerprint density at radius 2 is 1.91 bits per heavy atom. The van der Waals surface area contributed by atoms with E-state index in [1.54, 1.807) is 12.1 Å². The monoisotopic (exact) mass is 465 g/mol. The van der Waals surface area contributed by atoms with Crippen molar-refractivity contribution in [1.82, 2.24) is 3.96 Å². The third-order valence-electron chi connectivity index (χ3n) is 5.50. The molecule has 0 radical (unpaired) electrons. The minimum atomic E-state index is -0.468. The van der Waals surface area contributed by atoms with Gasteiger partial charge in [-0.15, -0.1) is 0 Å². The first kappa shape index (κ1) is 20.8. The minimum Gasteiger partial charge on any atom is -0.489 e. The number of ether oxygens (including phenoxy) is 2. The number of hydrogen-bond acceptors (Lipinski definition) is 5. The lowest BCUT2D eigenvalue weighted by Gasteiger charge is -2.10. The van der Waals surface area contributed by atoms with Crippen LogP contribution >= 0.6 is 23.1 Å². The molecule has 3 aromatic carbocycles. The maximum Gasteiger partial charge on any atom is 0.339 e. The van der Waals surface area contributed by atoms with Gasteiger partial charge >= 0.3 is 5.97 Å². The van der Waals surface area contributed by atoms with E-state index < -0.39 is 5.97 Å². The van der Waals surface area contributed by atoms with E-state index >= 15 is 0 Å². The van der Waals surface area contributed by atoms with Crippen LogP contribution < -0.4 is 10.3 Å². The van der Waals surface area contributed by atoms with Crippen LogP contribution in [0.25, 0.3) is 21.2 Å². The lowest BCUT2D eigenvalue weighted by Crippen LogP contribution is -2.10. The van der Waals surface area contributed by atoms with E-state index in [4.69, 9.17) is 21.1 Å². The highest BCUT2D eigenvalue weighted by Crippen LogP contribution is 2.37. The summed E-state index contributed by atoms with van der Waals surface area (Å²) >= 11 is 7.65. The first-order chi connectivity index (χ1) is 15.5. The molecule has 1 aliphatic rings. The van der Waals surface area contributed by atoms with Crippen LogP contribution in [-0.4, -0.2) is 17.0 Å². The molecule has 0 saturated heterocycles. The molecule has 1 fully saturated rings. The number of hydrogen-bond donors (Lipinski definition) is 0. The number of halogens is 1. The number of carbonyl (C=O) groups is 1. The molecule has 7 heteroatoms. The molecule has 5 nitrogen and oxygen atoms in total. The summed E-state index contributed by atoms with van der Waals surface area (Å²) in [5.74, 6) is 0.260. The average molecular weight is 466 g/mol. The summed E-state index contributed by atoms with van der Waals surface area (Å²) < 4.78 is 13.7. The lowest BCUT2D eigenvalue weighted by molar-refractivity contribution is 0.0601. The zero-order valence-electron chi connectivity index (χ0n) is 17.3. The molecule has 162 valence electrons. The van der Waals surface area contributed by atoms with Crippen molar-refractivity contribution < 1.29 is 14.3 Å². The van der Waals surface area contributed by atoms with Crippen molar-refractivity contribution in [1.29, 1.82) is 0 Å². The van der Waals surface area contributed by atoms with Crippen molar-refractivity contribution in [2.45, 2.75) is 25.5 Å². The number of fused-ring (bicyclic) bond motifs is 1. The third-order valence-corrected chi connectivity index (χ3v) is 7.02. The molecular formula is C25H20ClNO4S. The number of methoxy groups -OCH3 is 1. The van der Waals surface area contributed by atoms with Gasteiger partial charge in [-0.25, -0.2) is 4.79 Å². The van der Waals surface area contributed by atoms with Crippen molar-refractivity contribution in [3.63, 3.8) is 0 Å². The van der Waals surface area contributed by atoms with Gasteiger partial charge in [-0.2, -0.15) is 0 Å². The van der Waals surface area contributed by atoms with Crippen LogP contribution in [0, 0.1) is 0 Å². The fourth-order valence-corrected chi connectivity index (χ4v) is 5.01. The third kappa shape index (κ3) is 4.04. The summed E-state index contributed by atoms with van der Waals surface area (Å²) in [5, 5.41) is 1.11. The Morgan fingerprint density at radius 1 is 1.09 bits per heavy atom. The number of benzene rings is 3. The van der Waals surface area contributed by atoms with Gasteiger partial charge in [0.1, 0.15) is 12.4 Å². The molecule has 0 aliphatic heterocycles. The van der Waals surface area contributed by atoms with Crippen LogP contribution in [0.2, 0.25) is 5.02 Å². The normalized spacial score (nSPS) is 13.3. The van der Waals surface area contributed by atoms with Crippen molar-refractivity contribution in [2.75, 3.05) is 7.11 Å². The Hall–Kier alpha value is -3.09. The minimum absolute atomic E-state index is 0.0982. The average Bonchev–Trinajstić information content (AvgIpc) is 3.61. The van der Waals surface area contributed by atoms with Gasteiger partial charge in [-0.3, -0.25) is 8.75 Å². The second-order valence-electron chi connectivity index (χ2n) is 7.79. The van der Waals surface area contributed by atoms with E-state index in [9.17, 15) is 9.59 Å². The Labute approximate surface area is 193 Å². The van der Waals surface area contributed by atoms with Crippen molar-refractivity contribution in [3.8, 4) is 16.9 Å². The highest BCUT2D eigenvalue weighted by atomic mass is 35.5. The highest BCUT2D eigenvalue weighted by molar-refractivity contribution is 7.13. The first-order valence-corrected chi connectivity index (χ1v) is 11.4. The number of aromatic nitrogens is 1. The fraction of sp³-hybridized carbons (Fsp3) is 0.200. The molecule has 0 amide bonds. The maximum atomic E-state index is 12.5. The Balaban J connectivity index is 1.35. The molecule has 5 rings (SSSR count). The van der Waals surface area contributed by atoms with Crippen LogP contribution in [0.1, 0.15) is 34.8 Å².